The molecule has 0 atom stereocenters. The monoisotopic (exact) mass is 390 g/mol. The first kappa shape index (κ1) is 19.4. The predicted molar refractivity (Wildman–Crippen MR) is 101 cm³/mol. The van der Waals surface area contributed by atoms with Crippen LogP contribution in [0.2, 0.25) is 0 Å². The Kier molecular flexibility index (Phi) is 5.54. The molecule has 0 unspecified atom stereocenters. The Hall–Kier alpha value is -2.36. The second-order valence-corrected chi connectivity index (χ2v) is 8.59. The molecule has 2 aromatic rings. The molecular weight excluding hydrogens is 368 g/mol. The summed E-state index contributed by atoms with van der Waals surface area (Å²) in [5.41, 5.74) is 2.17. The number of aromatic nitrogens is 1. The molecule has 2 heterocycles. The fourth-order valence-electron chi connectivity index (χ4n) is 3.14. The lowest BCUT2D eigenvalue weighted by Crippen LogP contribution is -2.48. The summed E-state index contributed by atoms with van der Waals surface area (Å²) in [4.78, 5) is 17.2. The van der Waals surface area contributed by atoms with Crippen molar-refractivity contribution >= 4 is 15.7 Å². The normalized spacial score (nSPS) is 16.4. The van der Waals surface area contributed by atoms with E-state index in [4.69, 9.17) is 0 Å². The maximum absolute atomic E-state index is 12.9. The van der Waals surface area contributed by atoms with E-state index in [1.807, 2.05) is 25.1 Å². The molecule has 0 bridgehead atoms. The van der Waals surface area contributed by atoms with Crippen LogP contribution in [0, 0.1) is 24.0 Å². The molecule has 0 amide bonds. The highest BCUT2D eigenvalue weighted by Crippen LogP contribution is 2.25. The Morgan fingerprint density at radius 1 is 1.11 bits per heavy atom. The van der Waals surface area contributed by atoms with Gasteiger partial charge in [0.1, 0.15) is 0 Å². The van der Waals surface area contributed by atoms with Gasteiger partial charge >= 0.3 is 0 Å². The number of rotatable bonds is 5. The van der Waals surface area contributed by atoms with Crippen molar-refractivity contribution in [2.24, 2.45) is 0 Å². The van der Waals surface area contributed by atoms with Gasteiger partial charge in [0.05, 0.1) is 15.5 Å². The van der Waals surface area contributed by atoms with Crippen LogP contribution in [0.15, 0.2) is 41.3 Å². The van der Waals surface area contributed by atoms with E-state index in [0.29, 0.717) is 38.3 Å². The van der Waals surface area contributed by atoms with Crippen LogP contribution in [0.5, 0.6) is 0 Å². The van der Waals surface area contributed by atoms with Crippen molar-refractivity contribution in [1.29, 1.82) is 0 Å². The lowest BCUT2D eigenvalue weighted by molar-refractivity contribution is -0.385. The summed E-state index contributed by atoms with van der Waals surface area (Å²) in [5, 5.41) is 11.1. The number of hydrogen-bond acceptors (Lipinski definition) is 6. The summed E-state index contributed by atoms with van der Waals surface area (Å²) >= 11 is 0. The van der Waals surface area contributed by atoms with E-state index < -0.39 is 14.9 Å². The fourth-order valence-corrected chi connectivity index (χ4v) is 4.58. The molecule has 144 valence electrons. The molecule has 1 aromatic carbocycles. The van der Waals surface area contributed by atoms with Gasteiger partial charge < -0.3 is 0 Å². The van der Waals surface area contributed by atoms with Crippen molar-refractivity contribution in [3.63, 3.8) is 0 Å². The van der Waals surface area contributed by atoms with Gasteiger partial charge in [-0.05, 0) is 32.0 Å². The number of piperazine rings is 1. The quantitative estimate of drug-likeness (QED) is 0.573. The Bertz CT molecular complexity index is 954. The number of hydrogen-bond donors (Lipinski definition) is 0. The van der Waals surface area contributed by atoms with Crippen molar-refractivity contribution in [3.8, 4) is 0 Å². The SMILES string of the molecule is Cc1cccc(CN2CCN(S(=O)(=O)c3ccc(C)c([N+](=O)[O-])c3)CC2)n1. The van der Waals surface area contributed by atoms with Crippen molar-refractivity contribution in [3.05, 3.63) is 63.5 Å². The van der Waals surface area contributed by atoms with E-state index >= 15 is 0 Å². The molecule has 0 saturated carbocycles. The number of nitro benzene ring substituents is 1. The summed E-state index contributed by atoms with van der Waals surface area (Å²) in [6, 6.07) is 9.91. The molecule has 1 aliphatic heterocycles. The minimum Gasteiger partial charge on any atom is -0.295 e. The number of sulfonamides is 1. The molecule has 9 heteroatoms. The van der Waals surface area contributed by atoms with E-state index in [2.05, 4.69) is 9.88 Å². The highest BCUT2D eigenvalue weighted by atomic mass is 32.2. The van der Waals surface area contributed by atoms with Gasteiger partial charge in [-0.25, -0.2) is 8.42 Å². The van der Waals surface area contributed by atoms with Gasteiger partial charge in [0.2, 0.25) is 10.0 Å². The molecule has 3 rings (SSSR count). The lowest BCUT2D eigenvalue weighted by Gasteiger charge is -2.33. The van der Waals surface area contributed by atoms with Gasteiger partial charge in [-0.15, -0.1) is 0 Å². The van der Waals surface area contributed by atoms with Crippen molar-refractivity contribution in [2.75, 3.05) is 26.2 Å². The average molecular weight is 390 g/mol. The zero-order valence-corrected chi connectivity index (χ0v) is 16.1. The molecule has 1 saturated heterocycles. The minimum absolute atomic E-state index is 0.0337. The summed E-state index contributed by atoms with van der Waals surface area (Å²) in [6.07, 6.45) is 0. The molecule has 1 aliphatic rings. The standard InChI is InChI=1S/C18H22N4O4S/c1-14-6-7-17(12-18(14)22(23)24)27(25,26)21-10-8-20(9-11-21)13-16-5-3-4-15(2)19-16/h3-7,12H,8-11,13H2,1-2H3. The van der Waals surface area contributed by atoms with Crippen LogP contribution in [-0.4, -0.2) is 53.7 Å². The molecule has 0 spiro atoms. The number of nitrogens with zero attached hydrogens (tertiary/aromatic N) is 4. The highest BCUT2D eigenvalue weighted by Gasteiger charge is 2.30. The maximum Gasteiger partial charge on any atom is 0.273 e. The molecule has 1 fully saturated rings. The topological polar surface area (TPSA) is 96.7 Å². The summed E-state index contributed by atoms with van der Waals surface area (Å²) in [5.74, 6) is 0. The van der Waals surface area contributed by atoms with Crippen LogP contribution < -0.4 is 0 Å². The van der Waals surface area contributed by atoms with Crippen molar-refractivity contribution < 1.29 is 13.3 Å². The average Bonchev–Trinajstić information content (AvgIpc) is 2.62. The van der Waals surface area contributed by atoms with Crippen LogP contribution in [0.4, 0.5) is 5.69 Å². The fraction of sp³-hybridized carbons (Fsp3) is 0.389. The van der Waals surface area contributed by atoms with Gasteiger partial charge in [0.15, 0.2) is 0 Å². The second kappa shape index (κ2) is 7.71. The second-order valence-electron chi connectivity index (χ2n) is 6.66. The summed E-state index contributed by atoms with van der Waals surface area (Å²) in [6.45, 7) is 6.06. The Morgan fingerprint density at radius 3 is 2.44 bits per heavy atom. The number of pyridine rings is 1. The van der Waals surface area contributed by atoms with Crippen LogP contribution in [0.1, 0.15) is 17.0 Å². The number of aryl methyl sites for hydroxylation is 2. The van der Waals surface area contributed by atoms with E-state index in [1.54, 1.807) is 6.92 Å². The predicted octanol–water partition coefficient (Wildman–Crippen LogP) is 2.11. The van der Waals surface area contributed by atoms with Gasteiger partial charge in [0.25, 0.3) is 5.69 Å². The number of benzene rings is 1. The molecule has 0 aliphatic carbocycles. The molecule has 0 radical (unpaired) electrons. The molecule has 8 nitrogen and oxygen atoms in total. The van der Waals surface area contributed by atoms with Crippen LogP contribution in [0.25, 0.3) is 0 Å². The van der Waals surface area contributed by atoms with Gasteiger partial charge in [0, 0.05) is 50.0 Å². The highest BCUT2D eigenvalue weighted by molar-refractivity contribution is 7.89. The van der Waals surface area contributed by atoms with Gasteiger partial charge in [-0.2, -0.15) is 4.31 Å². The van der Waals surface area contributed by atoms with Crippen molar-refractivity contribution in [2.45, 2.75) is 25.3 Å². The third-order valence-corrected chi connectivity index (χ3v) is 6.57. The van der Waals surface area contributed by atoms with Crippen LogP contribution >= 0.6 is 0 Å². The van der Waals surface area contributed by atoms with E-state index in [0.717, 1.165) is 17.5 Å². The zero-order chi connectivity index (χ0) is 19.6. The minimum atomic E-state index is -3.75. The van der Waals surface area contributed by atoms with Crippen LogP contribution in [-0.2, 0) is 16.6 Å². The smallest absolute Gasteiger partial charge is 0.273 e. The third-order valence-electron chi connectivity index (χ3n) is 4.68. The van der Waals surface area contributed by atoms with Crippen molar-refractivity contribution in [1.82, 2.24) is 14.2 Å². The van der Waals surface area contributed by atoms with Crippen LogP contribution in [0.3, 0.4) is 0 Å². The van der Waals surface area contributed by atoms with Gasteiger partial charge in [-0.3, -0.25) is 20.0 Å². The Morgan fingerprint density at radius 2 is 1.81 bits per heavy atom. The largest absolute Gasteiger partial charge is 0.295 e. The lowest BCUT2D eigenvalue weighted by atomic mass is 10.2. The first-order valence-electron chi connectivity index (χ1n) is 8.67. The Balaban J connectivity index is 1.69. The molecular formula is C18H22N4O4S. The first-order valence-corrected chi connectivity index (χ1v) is 10.1. The van der Waals surface area contributed by atoms with E-state index in [-0.39, 0.29) is 10.6 Å². The van der Waals surface area contributed by atoms with E-state index in [1.165, 1.54) is 16.4 Å². The summed E-state index contributed by atoms with van der Waals surface area (Å²) in [7, 11) is -3.75. The molecule has 27 heavy (non-hydrogen) atoms. The van der Waals surface area contributed by atoms with Gasteiger partial charge in [-0.1, -0.05) is 12.1 Å². The zero-order valence-electron chi connectivity index (χ0n) is 15.3. The third kappa shape index (κ3) is 4.32. The first-order chi connectivity index (χ1) is 12.8. The molecule has 1 aromatic heterocycles. The van der Waals surface area contributed by atoms with E-state index in [9.17, 15) is 18.5 Å². The Labute approximate surface area is 158 Å². The maximum atomic E-state index is 12.9. The summed E-state index contributed by atoms with van der Waals surface area (Å²) < 4.78 is 27.1. The molecule has 0 N–H and O–H groups in total. The number of nitro groups is 1.